The molecule has 2 nitrogen and oxygen atoms in total. The van der Waals surface area contributed by atoms with Crippen molar-refractivity contribution in [3.63, 3.8) is 0 Å². The van der Waals surface area contributed by atoms with E-state index in [0.29, 0.717) is 6.10 Å². The first-order chi connectivity index (χ1) is 4.33. The normalized spacial score (nSPS) is 36.7. The van der Waals surface area contributed by atoms with Crippen LogP contribution in [0.5, 0.6) is 0 Å². The smallest absolute Gasteiger partial charge is 0.108 e. The van der Waals surface area contributed by atoms with E-state index in [9.17, 15) is 4.55 Å². The lowest BCUT2D eigenvalue weighted by Crippen LogP contribution is -2.27. The van der Waals surface area contributed by atoms with E-state index < -0.39 is 11.2 Å². The molecule has 0 bridgehead atoms. The zero-order valence-corrected chi connectivity index (χ0v) is 6.45. The van der Waals surface area contributed by atoms with Crippen LogP contribution in [0.15, 0.2) is 0 Å². The first kappa shape index (κ1) is 7.38. The zero-order chi connectivity index (χ0) is 6.69. The van der Waals surface area contributed by atoms with Gasteiger partial charge < -0.3 is 9.29 Å². The Labute approximate surface area is 58.8 Å². The van der Waals surface area contributed by atoms with Gasteiger partial charge in [-0.1, -0.05) is 11.2 Å². The maximum Gasteiger partial charge on any atom is 0.108 e. The fourth-order valence-electron chi connectivity index (χ4n) is 1.01. The van der Waals surface area contributed by atoms with E-state index in [2.05, 4.69) is 0 Å². The SMILES string of the molecule is COC1CC[S+]([O-])CC1. The molecule has 0 amide bonds. The summed E-state index contributed by atoms with van der Waals surface area (Å²) in [5.41, 5.74) is 0. The maximum atomic E-state index is 10.8. The van der Waals surface area contributed by atoms with Crippen molar-refractivity contribution in [2.24, 2.45) is 0 Å². The van der Waals surface area contributed by atoms with Crippen molar-refractivity contribution in [1.29, 1.82) is 0 Å². The van der Waals surface area contributed by atoms with Gasteiger partial charge in [-0.05, 0) is 0 Å². The van der Waals surface area contributed by atoms with Gasteiger partial charge in [0.15, 0.2) is 0 Å². The van der Waals surface area contributed by atoms with Gasteiger partial charge in [-0.2, -0.15) is 0 Å². The molecular weight excluding hydrogens is 136 g/mol. The molecule has 0 saturated carbocycles. The summed E-state index contributed by atoms with van der Waals surface area (Å²) in [6, 6.07) is 0. The van der Waals surface area contributed by atoms with Crippen molar-refractivity contribution >= 4 is 11.2 Å². The lowest BCUT2D eigenvalue weighted by Gasteiger charge is -2.22. The number of rotatable bonds is 1. The lowest BCUT2D eigenvalue weighted by atomic mass is 10.2. The average Bonchev–Trinajstić information content (AvgIpc) is 1.90. The van der Waals surface area contributed by atoms with Crippen LogP contribution in [0.3, 0.4) is 0 Å². The van der Waals surface area contributed by atoms with Crippen LogP contribution < -0.4 is 0 Å². The van der Waals surface area contributed by atoms with Crippen LogP contribution >= 0.6 is 0 Å². The molecule has 0 aromatic carbocycles. The van der Waals surface area contributed by atoms with Crippen LogP contribution in [0.2, 0.25) is 0 Å². The van der Waals surface area contributed by atoms with Crippen LogP contribution in [0.25, 0.3) is 0 Å². The number of hydrogen-bond acceptors (Lipinski definition) is 2. The highest BCUT2D eigenvalue weighted by molar-refractivity contribution is 7.91. The topological polar surface area (TPSA) is 32.3 Å². The zero-order valence-electron chi connectivity index (χ0n) is 5.63. The summed E-state index contributed by atoms with van der Waals surface area (Å²) in [6.45, 7) is 0. The van der Waals surface area contributed by atoms with E-state index in [1.54, 1.807) is 7.11 Å². The molecule has 0 radical (unpaired) electrons. The number of methoxy groups -OCH3 is 1. The van der Waals surface area contributed by atoms with E-state index in [0.717, 1.165) is 24.3 Å². The largest absolute Gasteiger partial charge is 0.616 e. The Morgan fingerprint density at radius 2 is 2.00 bits per heavy atom. The molecule has 0 aromatic rings. The minimum atomic E-state index is -0.542. The fraction of sp³-hybridized carbons (Fsp3) is 1.00. The second-order valence-corrected chi connectivity index (χ2v) is 3.98. The van der Waals surface area contributed by atoms with E-state index in [1.165, 1.54) is 0 Å². The summed E-state index contributed by atoms with van der Waals surface area (Å²) in [5, 5.41) is 0. The Kier molecular flexibility index (Phi) is 2.82. The van der Waals surface area contributed by atoms with Crippen LogP contribution in [0.1, 0.15) is 12.8 Å². The Morgan fingerprint density at radius 3 is 2.44 bits per heavy atom. The van der Waals surface area contributed by atoms with Crippen molar-refractivity contribution in [3.05, 3.63) is 0 Å². The minimum absolute atomic E-state index is 0.377. The molecule has 1 aliphatic heterocycles. The molecule has 1 aliphatic rings. The van der Waals surface area contributed by atoms with Crippen LogP contribution in [0, 0.1) is 0 Å². The van der Waals surface area contributed by atoms with Crippen molar-refractivity contribution < 1.29 is 9.29 Å². The number of ether oxygens (including phenoxy) is 1. The first-order valence-electron chi connectivity index (χ1n) is 3.20. The maximum absolute atomic E-state index is 10.8. The Morgan fingerprint density at radius 1 is 1.44 bits per heavy atom. The van der Waals surface area contributed by atoms with Crippen LogP contribution in [-0.4, -0.2) is 29.3 Å². The van der Waals surface area contributed by atoms with Gasteiger partial charge in [0, 0.05) is 20.0 Å². The van der Waals surface area contributed by atoms with Gasteiger partial charge in [0.1, 0.15) is 11.5 Å². The third kappa shape index (κ3) is 2.16. The molecule has 1 rings (SSSR count). The molecule has 1 saturated heterocycles. The molecule has 0 unspecified atom stereocenters. The molecule has 3 heteroatoms. The quantitative estimate of drug-likeness (QED) is 0.508. The molecule has 0 spiro atoms. The average molecular weight is 148 g/mol. The van der Waals surface area contributed by atoms with E-state index >= 15 is 0 Å². The molecule has 9 heavy (non-hydrogen) atoms. The summed E-state index contributed by atoms with van der Waals surface area (Å²) in [6.07, 6.45) is 2.33. The van der Waals surface area contributed by atoms with Gasteiger partial charge in [-0.15, -0.1) is 0 Å². The standard InChI is InChI=1S/C6H12O2S/c1-8-6-2-4-9(7)5-3-6/h6H,2-5H2,1H3. The van der Waals surface area contributed by atoms with Crippen molar-refractivity contribution in [2.75, 3.05) is 18.6 Å². The molecule has 1 fully saturated rings. The number of hydrogen-bond donors (Lipinski definition) is 0. The van der Waals surface area contributed by atoms with Gasteiger partial charge in [-0.3, -0.25) is 0 Å². The van der Waals surface area contributed by atoms with Gasteiger partial charge in [-0.25, -0.2) is 0 Å². The Balaban J connectivity index is 2.18. The molecule has 0 atom stereocenters. The monoisotopic (exact) mass is 148 g/mol. The van der Waals surface area contributed by atoms with Gasteiger partial charge in [0.2, 0.25) is 0 Å². The first-order valence-corrected chi connectivity index (χ1v) is 4.69. The third-order valence-corrected chi connectivity index (χ3v) is 3.05. The fourth-order valence-corrected chi connectivity index (χ4v) is 2.26. The molecule has 0 N–H and O–H groups in total. The van der Waals surface area contributed by atoms with Crippen LogP contribution in [0.4, 0.5) is 0 Å². The third-order valence-electron chi connectivity index (χ3n) is 1.67. The summed E-state index contributed by atoms with van der Waals surface area (Å²) in [5.74, 6) is 1.66. The molecule has 0 aromatic heterocycles. The summed E-state index contributed by atoms with van der Waals surface area (Å²) >= 11 is -0.542. The van der Waals surface area contributed by atoms with Crippen molar-refractivity contribution in [3.8, 4) is 0 Å². The summed E-state index contributed by atoms with van der Waals surface area (Å²) in [4.78, 5) is 0. The highest BCUT2D eigenvalue weighted by Crippen LogP contribution is 2.13. The van der Waals surface area contributed by atoms with Gasteiger partial charge >= 0.3 is 0 Å². The van der Waals surface area contributed by atoms with E-state index in [-0.39, 0.29) is 0 Å². The predicted octanol–water partition coefficient (Wildman–Crippen LogP) is 0.544. The molecular formula is C6H12O2S. The Hall–Kier alpha value is 0.270. The summed E-state index contributed by atoms with van der Waals surface area (Å²) in [7, 11) is 1.72. The molecule has 0 aliphatic carbocycles. The van der Waals surface area contributed by atoms with E-state index in [1.807, 2.05) is 0 Å². The highest BCUT2D eigenvalue weighted by Gasteiger charge is 2.20. The van der Waals surface area contributed by atoms with Crippen molar-refractivity contribution in [2.45, 2.75) is 18.9 Å². The molecule has 54 valence electrons. The van der Waals surface area contributed by atoms with Gasteiger partial charge in [0.05, 0.1) is 6.10 Å². The van der Waals surface area contributed by atoms with Crippen molar-refractivity contribution in [1.82, 2.24) is 0 Å². The van der Waals surface area contributed by atoms with E-state index in [4.69, 9.17) is 4.74 Å². The minimum Gasteiger partial charge on any atom is -0.616 e. The summed E-state index contributed by atoms with van der Waals surface area (Å²) < 4.78 is 15.9. The second-order valence-electron chi connectivity index (χ2n) is 2.28. The van der Waals surface area contributed by atoms with Gasteiger partial charge in [0.25, 0.3) is 0 Å². The second kappa shape index (κ2) is 3.44. The Bertz CT molecular complexity index is 79.1. The van der Waals surface area contributed by atoms with Crippen LogP contribution in [-0.2, 0) is 15.9 Å². The highest BCUT2D eigenvalue weighted by atomic mass is 32.2. The predicted molar refractivity (Wildman–Crippen MR) is 37.9 cm³/mol. The lowest BCUT2D eigenvalue weighted by molar-refractivity contribution is 0.0946. The molecule has 1 heterocycles.